The summed E-state index contributed by atoms with van der Waals surface area (Å²) in [5, 5.41) is 6.54. The van der Waals surface area contributed by atoms with E-state index in [1.54, 1.807) is 31.3 Å². The topological polar surface area (TPSA) is 61.2 Å². The maximum absolute atomic E-state index is 5.54. The third kappa shape index (κ3) is 3.66. The van der Waals surface area contributed by atoms with Crippen LogP contribution < -0.4 is 14.3 Å². The van der Waals surface area contributed by atoms with Crippen molar-refractivity contribution in [3.05, 3.63) is 52.3 Å². The van der Waals surface area contributed by atoms with Crippen LogP contribution in [0.1, 0.15) is 12.5 Å². The van der Waals surface area contributed by atoms with Crippen LogP contribution in [0.25, 0.3) is 11.5 Å². The second-order valence-electron chi connectivity index (χ2n) is 5.00. The van der Waals surface area contributed by atoms with Gasteiger partial charge in [0.05, 0.1) is 26.2 Å². The molecule has 0 saturated carbocycles. The Morgan fingerprint density at radius 2 is 2.16 bits per heavy atom. The number of methoxy groups -OCH3 is 1. The summed E-state index contributed by atoms with van der Waals surface area (Å²) in [7, 11) is 3.36. The number of thiazole rings is 1. The van der Waals surface area contributed by atoms with Gasteiger partial charge in [-0.25, -0.2) is 4.68 Å². The number of hydrogen-bond acceptors (Lipinski definition) is 6. The van der Waals surface area contributed by atoms with E-state index in [-0.39, 0.29) is 0 Å². The van der Waals surface area contributed by atoms with Gasteiger partial charge < -0.3 is 13.9 Å². The molecule has 7 heteroatoms. The second kappa shape index (κ2) is 7.85. The Hall–Kier alpha value is -2.80. The van der Waals surface area contributed by atoms with Gasteiger partial charge in [-0.2, -0.15) is 5.10 Å². The van der Waals surface area contributed by atoms with E-state index in [1.807, 2.05) is 42.6 Å². The van der Waals surface area contributed by atoms with Crippen molar-refractivity contribution in [1.29, 1.82) is 0 Å². The summed E-state index contributed by atoms with van der Waals surface area (Å²) in [6, 6.07) is 9.44. The van der Waals surface area contributed by atoms with Crippen molar-refractivity contribution in [2.75, 3.05) is 20.8 Å². The van der Waals surface area contributed by atoms with Crippen LogP contribution >= 0.6 is 11.3 Å². The maximum atomic E-state index is 5.54. The lowest BCUT2D eigenvalue weighted by atomic mass is 10.2. The van der Waals surface area contributed by atoms with E-state index in [0.717, 1.165) is 21.8 Å². The summed E-state index contributed by atoms with van der Waals surface area (Å²) >= 11 is 1.50. The lowest BCUT2D eigenvalue weighted by Crippen LogP contribution is -2.11. The fraction of sp³-hybridized carbons (Fsp3) is 0.222. The Morgan fingerprint density at radius 1 is 1.28 bits per heavy atom. The van der Waals surface area contributed by atoms with Crippen LogP contribution in [0.3, 0.4) is 0 Å². The summed E-state index contributed by atoms with van der Waals surface area (Å²) in [5.41, 5.74) is 1.75. The lowest BCUT2D eigenvalue weighted by molar-refractivity contribution is 0.311. The van der Waals surface area contributed by atoms with Crippen molar-refractivity contribution in [2.24, 2.45) is 10.1 Å². The highest BCUT2D eigenvalue weighted by molar-refractivity contribution is 7.07. The van der Waals surface area contributed by atoms with Crippen molar-refractivity contribution in [2.45, 2.75) is 6.92 Å². The fourth-order valence-electron chi connectivity index (χ4n) is 2.32. The van der Waals surface area contributed by atoms with Crippen molar-refractivity contribution in [1.82, 2.24) is 4.68 Å². The van der Waals surface area contributed by atoms with Crippen molar-refractivity contribution in [3.63, 3.8) is 0 Å². The molecule has 0 bridgehead atoms. The van der Waals surface area contributed by atoms with Crippen LogP contribution in [0.4, 0.5) is 0 Å². The zero-order valence-corrected chi connectivity index (χ0v) is 15.1. The first kappa shape index (κ1) is 17.0. The monoisotopic (exact) mass is 357 g/mol. The molecular weight excluding hydrogens is 338 g/mol. The molecule has 0 spiro atoms. The third-order valence-electron chi connectivity index (χ3n) is 3.46. The maximum Gasteiger partial charge on any atom is 0.206 e. The summed E-state index contributed by atoms with van der Waals surface area (Å²) in [5.74, 6) is 2.13. The SMILES string of the molecule is CCOc1ccc(C=Nn2c(-c3ccco3)csc2=NC)cc1OC. The average molecular weight is 357 g/mol. The minimum absolute atomic E-state index is 0.586. The zero-order valence-electron chi connectivity index (χ0n) is 14.3. The van der Waals surface area contributed by atoms with Crippen molar-refractivity contribution < 1.29 is 13.9 Å². The average Bonchev–Trinajstić information content (AvgIpc) is 3.30. The van der Waals surface area contributed by atoms with Gasteiger partial charge in [-0.15, -0.1) is 11.3 Å². The van der Waals surface area contributed by atoms with E-state index in [4.69, 9.17) is 13.9 Å². The Kier molecular flexibility index (Phi) is 5.35. The highest BCUT2D eigenvalue weighted by Crippen LogP contribution is 2.27. The molecule has 0 N–H and O–H groups in total. The standard InChI is InChI=1S/C18H19N3O3S/c1-4-23-16-8-7-13(10-17(16)22-3)11-20-21-14(12-25-18(21)19-2)15-6-5-9-24-15/h5-12H,4H2,1-3H3. The molecule has 0 atom stereocenters. The predicted molar refractivity (Wildman–Crippen MR) is 98.7 cm³/mol. The van der Waals surface area contributed by atoms with Gasteiger partial charge >= 0.3 is 0 Å². The van der Waals surface area contributed by atoms with E-state index < -0.39 is 0 Å². The quantitative estimate of drug-likeness (QED) is 0.633. The number of aromatic nitrogens is 1. The molecule has 0 aliphatic heterocycles. The molecule has 3 rings (SSSR count). The first-order chi connectivity index (χ1) is 12.3. The predicted octanol–water partition coefficient (Wildman–Crippen LogP) is 3.63. The van der Waals surface area contributed by atoms with Gasteiger partial charge in [0.15, 0.2) is 17.3 Å². The molecular formula is C18H19N3O3S. The van der Waals surface area contributed by atoms with Gasteiger partial charge in [0, 0.05) is 12.4 Å². The molecule has 130 valence electrons. The highest BCUT2D eigenvalue weighted by atomic mass is 32.1. The van der Waals surface area contributed by atoms with Gasteiger partial charge in [0.25, 0.3) is 0 Å². The normalized spacial score (nSPS) is 12.0. The van der Waals surface area contributed by atoms with Crippen molar-refractivity contribution >= 4 is 17.6 Å². The van der Waals surface area contributed by atoms with E-state index in [9.17, 15) is 0 Å². The molecule has 2 heterocycles. The van der Waals surface area contributed by atoms with Gasteiger partial charge in [0.1, 0.15) is 5.69 Å². The van der Waals surface area contributed by atoms with Crippen LogP contribution in [-0.4, -0.2) is 31.7 Å². The van der Waals surface area contributed by atoms with Crippen LogP contribution in [0.15, 0.2) is 56.5 Å². The molecule has 6 nitrogen and oxygen atoms in total. The molecule has 0 radical (unpaired) electrons. The van der Waals surface area contributed by atoms with Crippen LogP contribution in [0.5, 0.6) is 11.5 Å². The molecule has 0 saturated heterocycles. The van der Waals surface area contributed by atoms with Gasteiger partial charge in [-0.1, -0.05) is 0 Å². The number of rotatable bonds is 6. The Bertz CT molecular complexity index is 923. The first-order valence-corrected chi connectivity index (χ1v) is 8.67. The molecule has 0 fully saturated rings. The van der Waals surface area contributed by atoms with E-state index >= 15 is 0 Å². The smallest absolute Gasteiger partial charge is 0.206 e. The van der Waals surface area contributed by atoms with E-state index in [2.05, 4.69) is 10.1 Å². The number of furan rings is 1. The summed E-state index contributed by atoms with van der Waals surface area (Å²) in [6.45, 7) is 2.52. The first-order valence-electron chi connectivity index (χ1n) is 7.79. The summed E-state index contributed by atoms with van der Waals surface area (Å²) in [4.78, 5) is 5.05. The van der Waals surface area contributed by atoms with E-state index in [0.29, 0.717) is 18.1 Å². The molecule has 25 heavy (non-hydrogen) atoms. The summed E-state index contributed by atoms with van der Waals surface area (Å²) in [6.07, 6.45) is 3.40. The van der Waals surface area contributed by atoms with Gasteiger partial charge in [-0.3, -0.25) is 4.99 Å². The minimum Gasteiger partial charge on any atom is -0.493 e. The third-order valence-corrected chi connectivity index (χ3v) is 4.37. The molecule has 2 aromatic heterocycles. The van der Waals surface area contributed by atoms with Gasteiger partial charge in [-0.05, 0) is 42.8 Å². The number of hydrogen-bond donors (Lipinski definition) is 0. The summed E-state index contributed by atoms with van der Waals surface area (Å²) < 4.78 is 18.2. The molecule has 0 amide bonds. The van der Waals surface area contributed by atoms with Crippen molar-refractivity contribution in [3.8, 4) is 23.0 Å². The Morgan fingerprint density at radius 3 is 2.84 bits per heavy atom. The lowest BCUT2D eigenvalue weighted by Gasteiger charge is -2.09. The highest BCUT2D eigenvalue weighted by Gasteiger charge is 2.09. The number of benzene rings is 1. The second-order valence-corrected chi connectivity index (χ2v) is 5.84. The van der Waals surface area contributed by atoms with Crippen LogP contribution in [0, 0.1) is 0 Å². The number of ether oxygens (including phenoxy) is 2. The largest absolute Gasteiger partial charge is 0.493 e. The van der Waals surface area contributed by atoms with Crippen LogP contribution in [-0.2, 0) is 0 Å². The molecule has 3 aromatic rings. The Labute approximate surface area is 149 Å². The fourth-order valence-corrected chi connectivity index (χ4v) is 3.10. The van der Waals surface area contributed by atoms with Gasteiger partial charge in [0.2, 0.25) is 4.80 Å². The zero-order chi connectivity index (χ0) is 17.6. The minimum atomic E-state index is 0.586. The number of nitrogens with zero attached hydrogens (tertiary/aromatic N) is 3. The molecule has 1 aromatic carbocycles. The molecule has 0 aliphatic carbocycles. The molecule has 0 aliphatic rings. The van der Waals surface area contributed by atoms with E-state index in [1.165, 1.54) is 11.3 Å². The molecule has 0 unspecified atom stereocenters. The Balaban J connectivity index is 1.96. The van der Waals surface area contributed by atoms with Crippen LogP contribution in [0.2, 0.25) is 0 Å².